The van der Waals surface area contributed by atoms with Gasteiger partial charge < -0.3 is 5.73 Å². The molecule has 3 rings (SSSR count). The molecule has 4 amide bonds. The topological polar surface area (TPSA) is 117 Å². The van der Waals surface area contributed by atoms with Crippen LogP contribution in [0.3, 0.4) is 0 Å². The summed E-state index contributed by atoms with van der Waals surface area (Å²) in [7, 11) is 1.53. The van der Waals surface area contributed by atoms with Crippen LogP contribution in [-0.4, -0.2) is 80.0 Å². The van der Waals surface area contributed by atoms with Gasteiger partial charge in [0.15, 0.2) is 0 Å². The highest BCUT2D eigenvalue weighted by Gasteiger charge is 2.53. The van der Waals surface area contributed by atoms with E-state index < -0.39 is 30.4 Å². The minimum Gasteiger partial charge on any atom is -0.368 e. The van der Waals surface area contributed by atoms with E-state index in [0.29, 0.717) is 18.3 Å². The van der Waals surface area contributed by atoms with Crippen molar-refractivity contribution in [2.24, 2.45) is 10.7 Å². The molecule has 1 atom stereocenters. The number of aliphatic imine (C=N–C) groups is 1. The second kappa shape index (κ2) is 6.36. The van der Waals surface area contributed by atoms with Gasteiger partial charge in [-0.2, -0.15) is 0 Å². The third-order valence-electron chi connectivity index (χ3n) is 4.37. The fourth-order valence-electron chi connectivity index (χ4n) is 3.28. The molecule has 10 nitrogen and oxygen atoms in total. The zero-order valence-electron chi connectivity index (χ0n) is 15.3. The number of amidine groups is 1. The van der Waals surface area contributed by atoms with Crippen molar-refractivity contribution < 1.29 is 19.0 Å². The molecule has 0 aliphatic carbocycles. The number of nitrogens with zero attached hydrogens (tertiary/aromatic N) is 6. The van der Waals surface area contributed by atoms with Gasteiger partial charge in [-0.3, -0.25) is 19.4 Å². The standard InChI is InChI=1S/C16H21N7O3/c1-5-6-21-12-13(18-15(21)23-10(3)7-9(2)19-23)20(4)16(26)22(14(12)25)8-11(17)24/h7,12H,5-6,8H2,1-4H3,(H-,17,24)/p+1. The molecule has 2 aliphatic heterocycles. The van der Waals surface area contributed by atoms with Crippen LogP contribution in [0.25, 0.3) is 0 Å². The van der Waals surface area contributed by atoms with E-state index >= 15 is 0 Å². The Kier molecular flexibility index (Phi) is 4.34. The van der Waals surface area contributed by atoms with Crippen LogP contribution in [0, 0.1) is 13.8 Å². The van der Waals surface area contributed by atoms with Crippen LogP contribution < -0.4 is 5.73 Å². The van der Waals surface area contributed by atoms with Crippen LogP contribution in [0.5, 0.6) is 0 Å². The minimum atomic E-state index is -0.782. The van der Waals surface area contributed by atoms with Gasteiger partial charge in [0.25, 0.3) is 5.91 Å². The number of carbonyl (C=O) groups excluding carboxylic acids is 3. The molecule has 1 unspecified atom stereocenters. The number of aryl methyl sites for hydroxylation is 2. The SMILES string of the molecule is CCC[N+]1=C(n2nc(C)cc2C)N=C2C1C(=O)N(CC(N)=O)C(=O)N2C. The summed E-state index contributed by atoms with van der Waals surface area (Å²) in [5.41, 5.74) is 6.90. The molecule has 26 heavy (non-hydrogen) atoms. The fraction of sp³-hybridized carbons (Fsp3) is 0.500. The van der Waals surface area contributed by atoms with Gasteiger partial charge in [0.05, 0.1) is 12.2 Å². The third kappa shape index (κ3) is 2.67. The van der Waals surface area contributed by atoms with E-state index in [1.165, 1.54) is 11.9 Å². The maximum Gasteiger partial charge on any atom is 0.421 e. The number of amides is 4. The lowest BCUT2D eigenvalue weighted by Gasteiger charge is -2.33. The summed E-state index contributed by atoms with van der Waals surface area (Å²) in [4.78, 5) is 43.4. The molecule has 0 radical (unpaired) electrons. The van der Waals surface area contributed by atoms with Crippen molar-refractivity contribution in [3.05, 3.63) is 17.5 Å². The Balaban J connectivity index is 2.12. The maximum atomic E-state index is 13.0. The molecule has 0 saturated carbocycles. The van der Waals surface area contributed by atoms with Crippen molar-refractivity contribution in [3.8, 4) is 0 Å². The van der Waals surface area contributed by atoms with Gasteiger partial charge in [-0.15, -0.1) is 9.78 Å². The Morgan fingerprint density at radius 2 is 2.04 bits per heavy atom. The van der Waals surface area contributed by atoms with Crippen LogP contribution in [0.1, 0.15) is 24.7 Å². The first-order chi connectivity index (χ1) is 12.3. The molecular formula is C16H22N7O3+. The highest BCUT2D eigenvalue weighted by Crippen LogP contribution is 2.21. The van der Waals surface area contributed by atoms with Gasteiger partial charge in [-0.25, -0.2) is 9.37 Å². The maximum absolute atomic E-state index is 13.0. The molecule has 2 aliphatic rings. The van der Waals surface area contributed by atoms with Gasteiger partial charge in [-0.1, -0.05) is 11.9 Å². The van der Waals surface area contributed by atoms with E-state index in [4.69, 9.17) is 5.73 Å². The predicted octanol–water partition coefficient (Wildman–Crippen LogP) is -0.713. The number of carbonyl (C=O) groups is 3. The average molecular weight is 360 g/mol. The van der Waals surface area contributed by atoms with E-state index in [-0.39, 0.29) is 0 Å². The lowest BCUT2D eigenvalue weighted by molar-refractivity contribution is -0.537. The first-order valence-electron chi connectivity index (χ1n) is 8.39. The number of primary amides is 1. The Bertz CT molecular complexity index is 867. The fourth-order valence-corrected chi connectivity index (χ4v) is 3.28. The molecular weight excluding hydrogens is 338 g/mol. The summed E-state index contributed by atoms with van der Waals surface area (Å²) in [6, 6.07) is 0.515. The number of aromatic nitrogens is 2. The van der Waals surface area contributed by atoms with Gasteiger partial charge in [0.2, 0.25) is 17.8 Å². The zero-order valence-corrected chi connectivity index (χ0v) is 15.3. The predicted molar refractivity (Wildman–Crippen MR) is 92.8 cm³/mol. The number of hydrogen-bond acceptors (Lipinski definition) is 5. The number of nitrogens with two attached hydrogens (primary N) is 1. The first-order valence-corrected chi connectivity index (χ1v) is 8.39. The molecule has 138 valence electrons. The highest BCUT2D eigenvalue weighted by molar-refractivity contribution is 6.23. The Morgan fingerprint density at radius 3 is 2.58 bits per heavy atom. The highest BCUT2D eigenvalue weighted by atomic mass is 16.2. The molecule has 1 saturated heterocycles. The largest absolute Gasteiger partial charge is 0.421 e. The lowest BCUT2D eigenvalue weighted by Crippen LogP contribution is -2.64. The van der Waals surface area contributed by atoms with Crippen molar-refractivity contribution >= 4 is 29.6 Å². The lowest BCUT2D eigenvalue weighted by atomic mass is 10.1. The smallest absolute Gasteiger partial charge is 0.368 e. The summed E-state index contributed by atoms with van der Waals surface area (Å²) >= 11 is 0. The van der Waals surface area contributed by atoms with Gasteiger partial charge >= 0.3 is 12.0 Å². The molecule has 0 bridgehead atoms. The number of fused-ring (bicyclic) bond motifs is 1. The quantitative estimate of drug-likeness (QED) is 0.714. The van der Waals surface area contributed by atoms with Crippen LogP contribution in [0.15, 0.2) is 11.1 Å². The molecule has 0 spiro atoms. The van der Waals surface area contributed by atoms with E-state index in [0.717, 1.165) is 22.7 Å². The van der Waals surface area contributed by atoms with Crippen molar-refractivity contribution in [1.29, 1.82) is 0 Å². The van der Waals surface area contributed by atoms with Crippen molar-refractivity contribution in [2.45, 2.75) is 33.2 Å². The van der Waals surface area contributed by atoms with Crippen LogP contribution in [0.2, 0.25) is 0 Å². The average Bonchev–Trinajstić information content (AvgIpc) is 3.09. The Morgan fingerprint density at radius 1 is 1.35 bits per heavy atom. The van der Waals surface area contributed by atoms with Crippen LogP contribution in [-0.2, 0) is 9.59 Å². The van der Waals surface area contributed by atoms with E-state index in [9.17, 15) is 14.4 Å². The van der Waals surface area contributed by atoms with E-state index in [2.05, 4.69) is 10.1 Å². The van der Waals surface area contributed by atoms with E-state index in [1.54, 1.807) is 4.68 Å². The van der Waals surface area contributed by atoms with Gasteiger partial charge in [-0.05, 0) is 26.3 Å². The summed E-state index contributed by atoms with van der Waals surface area (Å²) in [6.07, 6.45) is 0.767. The monoisotopic (exact) mass is 360 g/mol. The zero-order chi connectivity index (χ0) is 19.2. The number of imide groups is 1. The molecule has 10 heteroatoms. The number of urea groups is 1. The number of likely N-dealkylation sites (N-methyl/N-ethyl adjacent to an activating group) is 1. The van der Waals surface area contributed by atoms with Gasteiger partial charge in [0, 0.05) is 7.05 Å². The third-order valence-corrected chi connectivity index (χ3v) is 4.37. The van der Waals surface area contributed by atoms with Crippen LogP contribution in [0.4, 0.5) is 4.79 Å². The van der Waals surface area contributed by atoms with Crippen molar-refractivity contribution in [1.82, 2.24) is 19.6 Å². The molecule has 1 aromatic heterocycles. The van der Waals surface area contributed by atoms with Crippen LogP contribution >= 0.6 is 0 Å². The summed E-state index contributed by atoms with van der Waals surface area (Å²) in [5, 5.41) is 4.45. The molecule has 3 heterocycles. The summed E-state index contributed by atoms with van der Waals surface area (Å²) < 4.78 is 3.48. The summed E-state index contributed by atoms with van der Waals surface area (Å²) in [6.45, 7) is 5.85. The van der Waals surface area contributed by atoms with Crippen molar-refractivity contribution in [3.63, 3.8) is 0 Å². The Hall–Kier alpha value is -3.04. The summed E-state index contributed by atoms with van der Waals surface area (Å²) in [5.74, 6) is -0.429. The van der Waals surface area contributed by atoms with Gasteiger partial charge in [0.1, 0.15) is 12.2 Å². The Labute approximate surface area is 150 Å². The molecule has 1 fully saturated rings. The van der Waals surface area contributed by atoms with E-state index in [1.807, 2.05) is 31.4 Å². The molecule has 0 aromatic carbocycles. The van der Waals surface area contributed by atoms with Crippen molar-refractivity contribution in [2.75, 3.05) is 20.1 Å². The second-order valence-corrected chi connectivity index (χ2v) is 6.44. The normalized spacial score (nSPS) is 20.0. The molecule has 2 N–H and O–H groups in total. The number of rotatable bonds is 4. The minimum absolute atomic E-state index is 0.330. The number of hydrogen-bond donors (Lipinski definition) is 1. The first kappa shape index (κ1) is 17.8. The second-order valence-electron chi connectivity index (χ2n) is 6.44. The molecule has 1 aromatic rings.